The molecule has 1 aromatic rings. The van der Waals surface area contributed by atoms with Gasteiger partial charge in [-0.1, -0.05) is 37.3 Å². The maximum Gasteiger partial charge on any atom is 0.252 e. The van der Waals surface area contributed by atoms with Gasteiger partial charge in [0.05, 0.1) is 6.04 Å². The van der Waals surface area contributed by atoms with Crippen LogP contribution in [0.15, 0.2) is 35.3 Å². The Labute approximate surface area is 107 Å². The van der Waals surface area contributed by atoms with Crippen molar-refractivity contribution in [3.63, 3.8) is 0 Å². The van der Waals surface area contributed by atoms with Gasteiger partial charge in [-0.25, -0.2) is 0 Å². The van der Waals surface area contributed by atoms with Gasteiger partial charge in [-0.15, -0.1) is 0 Å². The normalized spacial score (nSPS) is 24.6. The van der Waals surface area contributed by atoms with E-state index in [0.717, 1.165) is 5.56 Å². The minimum atomic E-state index is -0.649. The van der Waals surface area contributed by atoms with Crippen LogP contribution in [-0.4, -0.2) is 23.3 Å². The molecule has 1 heterocycles. The zero-order valence-corrected chi connectivity index (χ0v) is 10.8. The number of rotatable bonds is 4. The lowest BCUT2D eigenvalue weighted by molar-refractivity contribution is -0.123. The van der Waals surface area contributed by atoms with Crippen LogP contribution in [0.1, 0.15) is 25.8 Å². The summed E-state index contributed by atoms with van der Waals surface area (Å²) in [4.78, 5) is 16.3. The quantitative estimate of drug-likeness (QED) is 0.838. The van der Waals surface area contributed by atoms with Gasteiger partial charge in [0, 0.05) is 0 Å². The SMILES string of the molecule is CCC1(C)N=C([C@@H](N)Cc2ccccc2)NC1=O. The Balaban J connectivity index is 2.09. The highest BCUT2D eigenvalue weighted by molar-refractivity contribution is 6.10. The van der Waals surface area contributed by atoms with Gasteiger partial charge in [-0.05, 0) is 25.3 Å². The summed E-state index contributed by atoms with van der Waals surface area (Å²) in [6, 6.07) is 9.72. The van der Waals surface area contributed by atoms with Crippen molar-refractivity contribution in [1.82, 2.24) is 5.32 Å². The van der Waals surface area contributed by atoms with Crippen LogP contribution in [-0.2, 0) is 11.2 Å². The molecule has 1 unspecified atom stereocenters. The molecule has 1 aromatic carbocycles. The zero-order valence-electron chi connectivity index (χ0n) is 10.8. The molecule has 0 aromatic heterocycles. The van der Waals surface area contributed by atoms with Crippen molar-refractivity contribution in [3.05, 3.63) is 35.9 Å². The molecule has 96 valence electrons. The number of benzene rings is 1. The van der Waals surface area contributed by atoms with E-state index in [1.54, 1.807) is 0 Å². The first-order chi connectivity index (χ1) is 8.55. The van der Waals surface area contributed by atoms with Crippen molar-refractivity contribution in [3.8, 4) is 0 Å². The molecule has 1 amide bonds. The highest BCUT2D eigenvalue weighted by Gasteiger charge is 2.38. The molecule has 4 heteroatoms. The first-order valence-corrected chi connectivity index (χ1v) is 6.26. The van der Waals surface area contributed by atoms with Crippen LogP contribution in [0.3, 0.4) is 0 Å². The molecule has 0 spiro atoms. The summed E-state index contributed by atoms with van der Waals surface area (Å²) in [5, 5.41) is 2.80. The third-order valence-electron chi connectivity index (χ3n) is 3.44. The largest absolute Gasteiger partial charge is 0.321 e. The number of hydrogen-bond donors (Lipinski definition) is 2. The van der Waals surface area contributed by atoms with E-state index in [-0.39, 0.29) is 11.9 Å². The number of hydrogen-bond acceptors (Lipinski definition) is 3. The molecule has 0 aliphatic carbocycles. The Morgan fingerprint density at radius 2 is 2.06 bits per heavy atom. The topological polar surface area (TPSA) is 67.5 Å². The second-order valence-corrected chi connectivity index (χ2v) is 4.87. The third kappa shape index (κ3) is 2.43. The molecular formula is C14H19N3O. The van der Waals surface area contributed by atoms with Gasteiger partial charge in [0.1, 0.15) is 11.4 Å². The lowest BCUT2D eigenvalue weighted by Gasteiger charge is -2.13. The Bertz CT molecular complexity index is 469. The van der Waals surface area contributed by atoms with Crippen LogP contribution < -0.4 is 11.1 Å². The predicted molar refractivity (Wildman–Crippen MR) is 72.4 cm³/mol. The number of amides is 1. The van der Waals surface area contributed by atoms with Crippen molar-refractivity contribution in [1.29, 1.82) is 0 Å². The molecule has 0 bridgehead atoms. The summed E-state index contributed by atoms with van der Waals surface area (Å²) in [5.41, 5.74) is 6.60. The first-order valence-electron chi connectivity index (χ1n) is 6.26. The predicted octanol–water partition coefficient (Wildman–Crippen LogP) is 1.25. The molecule has 18 heavy (non-hydrogen) atoms. The van der Waals surface area contributed by atoms with E-state index >= 15 is 0 Å². The van der Waals surface area contributed by atoms with Gasteiger partial charge in [0.15, 0.2) is 0 Å². The monoisotopic (exact) mass is 245 g/mol. The smallest absolute Gasteiger partial charge is 0.252 e. The van der Waals surface area contributed by atoms with Gasteiger partial charge in [0.2, 0.25) is 0 Å². The minimum absolute atomic E-state index is 0.0523. The lowest BCUT2D eigenvalue weighted by atomic mass is 10.0. The molecule has 0 saturated heterocycles. The molecule has 0 radical (unpaired) electrons. The lowest BCUT2D eigenvalue weighted by Crippen LogP contribution is -2.43. The van der Waals surface area contributed by atoms with Crippen molar-refractivity contribution in [2.24, 2.45) is 10.7 Å². The average Bonchev–Trinajstić information content (AvgIpc) is 2.68. The number of carbonyl (C=O) groups is 1. The number of nitrogens with two attached hydrogens (primary N) is 1. The van der Waals surface area contributed by atoms with E-state index in [2.05, 4.69) is 10.3 Å². The van der Waals surface area contributed by atoms with Crippen molar-refractivity contribution < 1.29 is 4.79 Å². The average molecular weight is 245 g/mol. The number of amidine groups is 1. The second kappa shape index (κ2) is 4.90. The van der Waals surface area contributed by atoms with Crippen LogP contribution in [0.5, 0.6) is 0 Å². The molecule has 1 aliphatic heterocycles. The number of nitrogens with one attached hydrogen (secondary N) is 1. The van der Waals surface area contributed by atoms with E-state index in [1.807, 2.05) is 44.2 Å². The highest BCUT2D eigenvalue weighted by atomic mass is 16.2. The van der Waals surface area contributed by atoms with Crippen molar-refractivity contribution >= 4 is 11.7 Å². The number of carbonyl (C=O) groups excluding carboxylic acids is 1. The Morgan fingerprint density at radius 3 is 2.61 bits per heavy atom. The van der Waals surface area contributed by atoms with Crippen LogP contribution in [0.4, 0.5) is 0 Å². The summed E-state index contributed by atoms with van der Waals surface area (Å²) in [7, 11) is 0. The van der Waals surface area contributed by atoms with Crippen LogP contribution in [0.25, 0.3) is 0 Å². The molecule has 0 saturated carbocycles. The summed E-state index contributed by atoms with van der Waals surface area (Å²) in [6.07, 6.45) is 1.36. The Kier molecular flexibility index (Phi) is 3.48. The maximum absolute atomic E-state index is 11.8. The molecular weight excluding hydrogens is 226 g/mol. The molecule has 0 fully saturated rings. The van der Waals surface area contributed by atoms with Crippen molar-refractivity contribution in [2.45, 2.75) is 38.3 Å². The van der Waals surface area contributed by atoms with Gasteiger partial charge in [-0.3, -0.25) is 9.79 Å². The first kappa shape index (κ1) is 12.8. The van der Waals surface area contributed by atoms with Crippen LogP contribution >= 0.6 is 0 Å². The standard InChI is InChI=1S/C14H19N3O/c1-3-14(2)13(18)16-12(17-14)11(15)9-10-7-5-4-6-8-10/h4-8,11H,3,9,15H2,1-2H3,(H,16,17,18)/t11-,14?/m0/s1. The third-order valence-corrected chi connectivity index (χ3v) is 3.44. The maximum atomic E-state index is 11.8. The second-order valence-electron chi connectivity index (χ2n) is 4.87. The minimum Gasteiger partial charge on any atom is -0.321 e. The van der Waals surface area contributed by atoms with E-state index < -0.39 is 5.54 Å². The van der Waals surface area contributed by atoms with Crippen LogP contribution in [0, 0.1) is 0 Å². The zero-order chi connectivity index (χ0) is 13.2. The van der Waals surface area contributed by atoms with E-state index in [1.165, 1.54) is 0 Å². The van der Waals surface area contributed by atoms with Gasteiger partial charge in [-0.2, -0.15) is 0 Å². The van der Waals surface area contributed by atoms with Gasteiger partial charge < -0.3 is 11.1 Å². The fraction of sp³-hybridized carbons (Fsp3) is 0.429. The molecule has 2 atom stereocenters. The van der Waals surface area contributed by atoms with E-state index in [9.17, 15) is 4.79 Å². The summed E-state index contributed by atoms with van der Waals surface area (Å²) >= 11 is 0. The molecule has 3 N–H and O–H groups in total. The van der Waals surface area contributed by atoms with E-state index in [0.29, 0.717) is 18.7 Å². The van der Waals surface area contributed by atoms with Crippen molar-refractivity contribution in [2.75, 3.05) is 0 Å². The number of aliphatic imine (C=N–C) groups is 1. The molecule has 2 rings (SSSR count). The van der Waals surface area contributed by atoms with Crippen LogP contribution in [0.2, 0.25) is 0 Å². The van der Waals surface area contributed by atoms with E-state index in [4.69, 9.17) is 5.73 Å². The molecule has 1 aliphatic rings. The Morgan fingerprint density at radius 1 is 1.39 bits per heavy atom. The fourth-order valence-electron chi connectivity index (χ4n) is 1.98. The summed E-state index contributed by atoms with van der Waals surface area (Å²) < 4.78 is 0. The fourth-order valence-corrected chi connectivity index (χ4v) is 1.98. The molecule has 4 nitrogen and oxygen atoms in total. The Hall–Kier alpha value is -1.68. The summed E-state index contributed by atoms with van der Waals surface area (Å²) in [5.74, 6) is 0.553. The summed E-state index contributed by atoms with van der Waals surface area (Å²) in [6.45, 7) is 3.79. The number of nitrogens with zero attached hydrogens (tertiary/aromatic N) is 1. The highest BCUT2D eigenvalue weighted by Crippen LogP contribution is 2.20. The van der Waals surface area contributed by atoms with Gasteiger partial charge >= 0.3 is 0 Å². The van der Waals surface area contributed by atoms with Gasteiger partial charge in [0.25, 0.3) is 5.91 Å².